The molecule has 1 aliphatic heterocycles. The average Bonchev–Trinajstić information content (AvgIpc) is 3.30. The van der Waals surface area contributed by atoms with Crippen molar-refractivity contribution >= 4 is 49.9 Å². The van der Waals surface area contributed by atoms with Crippen LogP contribution in [0.1, 0.15) is 32.2 Å². The summed E-state index contributed by atoms with van der Waals surface area (Å²) >= 11 is 7.94. The third-order valence-electron chi connectivity index (χ3n) is 5.98. The van der Waals surface area contributed by atoms with Crippen LogP contribution in [0.3, 0.4) is 0 Å². The van der Waals surface area contributed by atoms with E-state index < -0.39 is 16.8 Å². The van der Waals surface area contributed by atoms with E-state index in [2.05, 4.69) is 16.6 Å². The topological polar surface area (TPSA) is 70.1 Å². The molecule has 1 saturated heterocycles. The van der Waals surface area contributed by atoms with Gasteiger partial charge in [-0.2, -0.15) is 0 Å². The molecule has 0 amide bonds. The van der Waals surface area contributed by atoms with E-state index in [1.54, 1.807) is 0 Å². The summed E-state index contributed by atoms with van der Waals surface area (Å²) < 4.78 is 19.8. The van der Waals surface area contributed by atoms with Crippen LogP contribution in [0.15, 0.2) is 15.7 Å². The number of rotatable bonds is 5. The van der Waals surface area contributed by atoms with Gasteiger partial charge >= 0.3 is 0 Å². The summed E-state index contributed by atoms with van der Waals surface area (Å²) in [6.45, 7) is 5.32. The molecule has 6 nitrogen and oxygen atoms in total. The zero-order chi connectivity index (χ0) is 20.3. The van der Waals surface area contributed by atoms with Gasteiger partial charge in [0, 0.05) is 19.1 Å². The average molecular weight is 437 g/mol. The van der Waals surface area contributed by atoms with Crippen LogP contribution in [0.5, 0.6) is 0 Å². The lowest BCUT2D eigenvalue weighted by Gasteiger charge is -2.23. The van der Waals surface area contributed by atoms with Crippen LogP contribution in [0.2, 0.25) is 5.02 Å². The zero-order valence-corrected chi connectivity index (χ0v) is 17.6. The summed E-state index contributed by atoms with van der Waals surface area (Å²) in [5, 5.41) is 3.91. The van der Waals surface area contributed by atoms with E-state index >= 15 is 4.39 Å². The van der Waals surface area contributed by atoms with Gasteiger partial charge in [-0.15, -0.1) is 0 Å². The molecule has 2 fully saturated rings. The molecule has 2 aliphatic rings. The molecular weight excluding hydrogens is 415 g/mol. The minimum atomic E-state index is -0.503. The monoisotopic (exact) mass is 436 g/mol. The predicted octanol–water partition coefficient (Wildman–Crippen LogP) is 3.47. The fraction of sp³-hybridized carbons (Fsp3) is 0.500. The summed E-state index contributed by atoms with van der Waals surface area (Å²) in [5.41, 5.74) is 0.0496. The first-order valence-corrected chi connectivity index (χ1v) is 11.2. The quantitative estimate of drug-likeness (QED) is 0.642. The molecule has 1 atom stereocenters. The summed E-state index contributed by atoms with van der Waals surface area (Å²) in [6.07, 6.45) is 2.88. The highest BCUT2D eigenvalue weighted by Gasteiger charge is 2.33. The van der Waals surface area contributed by atoms with Crippen LogP contribution in [0, 0.1) is 11.7 Å². The van der Waals surface area contributed by atoms with Crippen molar-refractivity contribution in [2.24, 2.45) is 5.92 Å². The Labute approximate surface area is 175 Å². The van der Waals surface area contributed by atoms with Crippen molar-refractivity contribution in [2.45, 2.75) is 32.2 Å². The number of pyridine rings is 1. The Hall–Kier alpha value is -1.90. The highest BCUT2D eigenvalue weighted by molar-refractivity contribution is 7.12. The van der Waals surface area contributed by atoms with E-state index in [1.807, 2.05) is 9.47 Å². The molecule has 3 aromatic rings. The van der Waals surface area contributed by atoms with E-state index in [4.69, 9.17) is 11.6 Å². The number of nitrogens with zero attached hydrogens (tertiary/aromatic N) is 2. The molecular formula is C20H22ClFN4O2S. The van der Waals surface area contributed by atoms with Crippen molar-refractivity contribution < 1.29 is 4.39 Å². The molecule has 1 aromatic carbocycles. The zero-order valence-electron chi connectivity index (χ0n) is 16.1. The molecule has 3 heterocycles. The molecule has 29 heavy (non-hydrogen) atoms. The van der Waals surface area contributed by atoms with E-state index in [0.717, 1.165) is 57.0 Å². The lowest BCUT2D eigenvalue weighted by Crippen LogP contribution is -2.27. The van der Waals surface area contributed by atoms with Gasteiger partial charge in [0.05, 0.1) is 21.6 Å². The molecule has 5 rings (SSSR count). The lowest BCUT2D eigenvalue weighted by atomic mass is 10.1. The number of aromatic nitrogens is 2. The number of aromatic amines is 1. The van der Waals surface area contributed by atoms with Crippen LogP contribution in [0.4, 0.5) is 10.1 Å². The number of benzene rings is 1. The fourth-order valence-electron chi connectivity index (χ4n) is 4.43. The SMILES string of the molecule is CCNCC1CCN(c2c(F)cc3c(=O)c4c(=O)[nH]sc4n(C4CC4)c3c2Cl)C1. The summed E-state index contributed by atoms with van der Waals surface area (Å²) in [4.78, 5) is 27.8. The van der Waals surface area contributed by atoms with Gasteiger partial charge < -0.3 is 14.8 Å². The van der Waals surface area contributed by atoms with Crippen LogP contribution >= 0.6 is 23.1 Å². The van der Waals surface area contributed by atoms with E-state index in [0.29, 0.717) is 22.0 Å². The van der Waals surface area contributed by atoms with E-state index in [-0.39, 0.29) is 21.8 Å². The Morgan fingerprint density at radius 3 is 2.86 bits per heavy atom. The number of fused-ring (bicyclic) bond motifs is 2. The Balaban J connectivity index is 1.72. The molecule has 0 spiro atoms. The van der Waals surface area contributed by atoms with Gasteiger partial charge in [-0.1, -0.05) is 18.5 Å². The molecule has 0 bridgehead atoms. The number of H-pyrrole nitrogens is 1. The van der Waals surface area contributed by atoms with Gasteiger partial charge in [-0.25, -0.2) is 4.39 Å². The number of hydrogen-bond acceptors (Lipinski definition) is 5. The van der Waals surface area contributed by atoms with Crippen molar-refractivity contribution in [3.8, 4) is 0 Å². The second kappa shape index (κ2) is 7.11. The van der Waals surface area contributed by atoms with Crippen LogP contribution in [-0.2, 0) is 0 Å². The molecule has 154 valence electrons. The molecule has 2 aromatic heterocycles. The van der Waals surface area contributed by atoms with Crippen LogP contribution in [0.25, 0.3) is 21.1 Å². The van der Waals surface area contributed by atoms with Gasteiger partial charge in [0.2, 0.25) is 5.43 Å². The third kappa shape index (κ3) is 3.00. The smallest absolute Gasteiger partial charge is 0.271 e. The largest absolute Gasteiger partial charge is 0.368 e. The van der Waals surface area contributed by atoms with Gasteiger partial charge in [0.15, 0.2) is 0 Å². The number of anilines is 1. The van der Waals surface area contributed by atoms with Gasteiger partial charge in [0.25, 0.3) is 5.56 Å². The van der Waals surface area contributed by atoms with Crippen molar-refractivity contribution in [3.63, 3.8) is 0 Å². The van der Waals surface area contributed by atoms with E-state index in [9.17, 15) is 9.59 Å². The van der Waals surface area contributed by atoms with Crippen molar-refractivity contribution in [1.29, 1.82) is 0 Å². The van der Waals surface area contributed by atoms with Gasteiger partial charge in [-0.05, 0) is 55.9 Å². The van der Waals surface area contributed by atoms with Gasteiger partial charge in [0.1, 0.15) is 16.0 Å². The van der Waals surface area contributed by atoms with Crippen LogP contribution in [-0.4, -0.2) is 35.1 Å². The minimum absolute atomic E-state index is 0.101. The number of hydrogen-bond donors (Lipinski definition) is 2. The van der Waals surface area contributed by atoms with Crippen molar-refractivity contribution in [1.82, 2.24) is 14.3 Å². The maximum Gasteiger partial charge on any atom is 0.271 e. The second-order valence-corrected chi connectivity index (χ2v) is 9.14. The maximum absolute atomic E-state index is 15.2. The standard InChI is InChI=1S/C20H22ClFN4O2S/c1-2-23-8-10-5-6-25(9-10)17-13(22)7-12-16(15(17)21)26(11-3-4-11)20-14(18(12)27)19(28)24-29-20/h7,10-11,23H,2-6,8-9H2,1H3,(H,24,28). The fourth-order valence-corrected chi connectivity index (χ4v) is 5.75. The first-order valence-electron chi connectivity index (χ1n) is 10.0. The molecule has 2 N–H and O–H groups in total. The molecule has 0 radical (unpaired) electrons. The Bertz CT molecular complexity index is 1230. The molecule has 1 saturated carbocycles. The molecule has 9 heteroatoms. The Morgan fingerprint density at radius 1 is 1.34 bits per heavy atom. The van der Waals surface area contributed by atoms with Crippen LogP contribution < -0.4 is 21.2 Å². The highest BCUT2D eigenvalue weighted by atomic mass is 35.5. The summed E-state index contributed by atoms with van der Waals surface area (Å²) in [6, 6.07) is 1.45. The third-order valence-corrected chi connectivity index (χ3v) is 7.22. The highest BCUT2D eigenvalue weighted by Crippen LogP contribution is 2.44. The van der Waals surface area contributed by atoms with Crippen molar-refractivity contribution in [3.05, 3.63) is 37.5 Å². The van der Waals surface area contributed by atoms with Crippen molar-refractivity contribution in [2.75, 3.05) is 31.1 Å². The first-order chi connectivity index (χ1) is 14.0. The minimum Gasteiger partial charge on any atom is -0.368 e. The summed E-state index contributed by atoms with van der Waals surface area (Å²) in [7, 11) is 0. The number of nitrogens with one attached hydrogen (secondary N) is 2. The Kier molecular flexibility index (Phi) is 4.68. The van der Waals surface area contributed by atoms with Gasteiger partial charge in [-0.3, -0.25) is 14.0 Å². The first kappa shape index (κ1) is 19.1. The summed E-state index contributed by atoms with van der Waals surface area (Å²) in [5.74, 6) is -0.0683. The molecule has 1 unspecified atom stereocenters. The lowest BCUT2D eigenvalue weighted by molar-refractivity contribution is 0.527. The Morgan fingerprint density at radius 2 is 2.14 bits per heavy atom. The van der Waals surface area contributed by atoms with E-state index in [1.165, 1.54) is 6.07 Å². The second-order valence-electron chi connectivity index (χ2n) is 7.97. The maximum atomic E-state index is 15.2. The normalized spacial score (nSPS) is 19.7. The molecule has 1 aliphatic carbocycles. The predicted molar refractivity (Wildman–Crippen MR) is 116 cm³/mol. The number of halogens is 2.